The quantitative estimate of drug-likeness (QED) is 0.216. The lowest BCUT2D eigenvalue weighted by Gasteiger charge is -2.14. The third-order valence-electron chi connectivity index (χ3n) is 3.78. The Labute approximate surface area is 194 Å². The second kappa shape index (κ2) is 12.8. The Morgan fingerprint density at radius 1 is 1.13 bits per heavy atom. The van der Waals surface area contributed by atoms with Gasteiger partial charge in [0.2, 0.25) is 5.88 Å². The van der Waals surface area contributed by atoms with Gasteiger partial charge in [-0.2, -0.15) is 24.9 Å². The SMILES string of the molecule is CN=C(NCc1ccc(OCC(F)(F)F)nc1)NCc1ccc(F)cc1CSC.I. The van der Waals surface area contributed by atoms with Crippen LogP contribution in [0.25, 0.3) is 0 Å². The van der Waals surface area contributed by atoms with E-state index in [0.29, 0.717) is 24.8 Å². The summed E-state index contributed by atoms with van der Waals surface area (Å²) >= 11 is 1.61. The van der Waals surface area contributed by atoms with E-state index in [9.17, 15) is 17.6 Å². The first-order chi connectivity index (χ1) is 13.8. The Morgan fingerprint density at radius 3 is 2.47 bits per heavy atom. The van der Waals surface area contributed by atoms with Crippen molar-refractivity contribution in [2.75, 3.05) is 19.9 Å². The normalized spacial score (nSPS) is 11.6. The van der Waals surface area contributed by atoms with Gasteiger partial charge in [-0.25, -0.2) is 9.37 Å². The van der Waals surface area contributed by atoms with Crippen molar-refractivity contribution in [1.29, 1.82) is 0 Å². The molecule has 0 unspecified atom stereocenters. The monoisotopic (exact) mass is 558 g/mol. The third kappa shape index (κ3) is 9.37. The lowest BCUT2D eigenvalue weighted by Crippen LogP contribution is -2.36. The van der Waals surface area contributed by atoms with Gasteiger partial charge < -0.3 is 15.4 Å². The molecule has 0 aliphatic carbocycles. The maximum Gasteiger partial charge on any atom is 0.422 e. The zero-order chi connectivity index (χ0) is 21.3. The van der Waals surface area contributed by atoms with E-state index in [4.69, 9.17) is 0 Å². The van der Waals surface area contributed by atoms with Gasteiger partial charge in [-0.1, -0.05) is 12.1 Å². The van der Waals surface area contributed by atoms with Crippen molar-refractivity contribution < 1.29 is 22.3 Å². The zero-order valence-electron chi connectivity index (χ0n) is 16.4. The predicted octanol–water partition coefficient (Wildman–Crippen LogP) is 4.51. The smallest absolute Gasteiger partial charge is 0.422 e. The number of nitrogens with one attached hydrogen (secondary N) is 2. The number of halogens is 5. The summed E-state index contributed by atoms with van der Waals surface area (Å²) in [6.45, 7) is -0.540. The van der Waals surface area contributed by atoms with Crippen LogP contribution in [-0.4, -0.2) is 37.0 Å². The van der Waals surface area contributed by atoms with Gasteiger partial charge in [0, 0.05) is 38.2 Å². The minimum Gasteiger partial charge on any atom is -0.468 e. The molecule has 0 aliphatic heterocycles. The Hall–Kier alpha value is -1.76. The molecule has 5 nitrogen and oxygen atoms in total. The van der Waals surface area contributed by atoms with E-state index in [1.807, 2.05) is 6.26 Å². The van der Waals surface area contributed by atoms with Crippen LogP contribution in [0.1, 0.15) is 16.7 Å². The number of aromatic nitrogens is 1. The minimum atomic E-state index is -4.40. The molecule has 0 spiro atoms. The Balaban J connectivity index is 0.00000450. The van der Waals surface area contributed by atoms with Gasteiger partial charge in [0.25, 0.3) is 0 Å². The van der Waals surface area contributed by atoms with Gasteiger partial charge in [-0.3, -0.25) is 4.99 Å². The van der Waals surface area contributed by atoms with Crippen LogP contribution in [0.15, 0.2) is 41.5 Å². The molecule has 1 aromatic heterocycles. The topological polar surface area (TPSA) is 58.5 Å². The Kier molecular flexibility index (Phi) is 11.2. The Bertz CT molecular complexity index is 819. The van der Waals surface area contributed by atoms with Crippen molar-refractivity contribution in [2.45, 2.75) is 25.0 Å². The molecule has 1 heterocycles. The first-order valence-electron chi connectivity index (χ1n) is 8.66. The van der Waals surface area contributed by atoms with Gasteiger partial charge >= 0.3 is 6.18 Å². The van der Waals surface area contributed by atoms with E-state index in [1.165, 1.54) is 24.4 Å². The Morgan fingerprint density at radius 2 is 1.87 bits per heavy atom. The first-order valence-corrected chi connectivity index (χ1v) is 10.1. The molecular weight excluding hydrogens is 535 g/mol. The summed E-state index contributed by atoms with van der Waals surface area (Å²) in [6, 6.07) is 7.69. The highest BCUT2D eigenvalue weighted by Crippen LogP contribution is 2.18. The molecule has 30 heavy (non-hydrogen) atoms. The molecule has 2 rings (SSSR count). The summed E-state index contributed by atoms with van der Waals surface area (Å²) in [6.07, 6.45) is -1.01. The van der Waals surface area contributed by atoms with E-state index in [1.54, 1.807) is 30.9 Å². The summed E-state index contributed by atoms with van der Waals surface area (Å²) in [5, 5.41) is 6.25. The lowest BCUT2D eigenvalue weighted by atomic mass is 10.1. The summed E-state index contributed by atoms with van der Waals surface area (Å²) in [4.78, 5) is 7.99. The van der Waals surface area contributed by atoms with Crippen molar-refractivity contribution in [1.82, 2.24) is 15.6 Å². The maximum atomic E-state index is 13.4. The van der Waals surface area contributed by atoms with E-state index < -0.39 is 12.8 Å². The van der Waals surface area contributed by atoms with Gasteiger partial charge in [0.15, 0.2) is 12.6 Å². The van der Waals surface area contributed by atoms with Crippen LogP contribution in [0, 0.1) is 5.82 Å². The molecule has 2 N–H and O–H groups in total. The largest absolute Gasteiger partial charge is 0.468 e. The number of hydrogen-bond donors (Lipinski definition) is 2. The number of aliphatic imine (C=N–C) groups is 1. The summed E-state index contributed by atoms with van der Waals surface area (Å²) in [5.41, 5.74) is 2.63. The van der Waals surface area contributed by atoms with Crippen LogP contribution in [0.4, 0.5) is 17.6 Å². The standard InChI is InChI=1S/C19H22F4N4OS.HI/c1-24-18(27-10-14-4-5-16(20)7-15(14)11-29-2)26-9-13-3-6-17(25-8-13)28-12-19(21,22)23;/h3-8H,9-12H2,1-2H3,(H2,24,26,27);1H. The third-order valence-corrected chi connectivity index (χ3v) is 4.38. The van der Waals surface area contributed by atoms with Crippen molar-refractivity contribution in [3.8, 4) is 5.88 Å². The van der Waals surface area contributed by atoms with E-state index in [0.717, 1.165) is 16.7 Å². The fraction of sp³-hybridized carbons (Fsp3) is 0.368. The molecule has 0 saturated heterocycles. The number of alkyl halides is 3. The summed E-state index contributed by atoms with van der Waals surface area (Å²) in [5.74, 6) is 0.874. The van der Waals surface area contributed by atoms with E-state index in [2.05, 4.69) is 25.3 Å². The number of nitrogens with zero attached hydrogens (tertiary/aromatic N) is 2. The molecule has 0 fully saturated rings. The molecule has 0 aliphatic rings. The van der Waals surface area contributed by atoms with Crippen molar-refractivity contribution >= 4 is 41.7 Å². The average molecular weight is 558 g/mol. The molecule has 2 aromatic rings. The average Bonchev–Trinajstić information content (AvgIpc) is 2.68. The molecule has 0 bridgehead atoms. The van der Waals surface area contributed by atoms with Crippen LogP contribution in [0.3, 0.4) is 0 Å². The molecule has 166 valence electrons. The van der Waals surface area contributed by atoms with Gasteiger partial charge in [-0.15, -0.1) is 24.0 Å². The van der Waals surface area contributed by atoms with Crippen molar-refractivity contribution in [3.05, 3.63) is 59.0 Å². The molecule has 0 saturated carbocycles. The van der Waals surface area contributed by atoms with Crippen LogP contribution in [0.2, 0.25) is 0 Å². The summed E-state index contributed by atoms with van der Waals surface area (Å²) < 4.78 is 54.5. The lowest BCUT2D eigenvalue weighted by molar-refractivity contribution is -0.154. The van der Waals surface area contributed by atoms with E-state index >= 15 is 0 Å². The molecule has 0 radical (unpaired) electrons. The summed E-state index contributed by atoms with van der Waals surface area (Å²) in [7, 11) is 1.62. The highest BCUT2D eigenvalue weighted by molar-refractivity contribution is 14.0. The number of benzene rings is 1. The maximum absolute atomic E-state index is 13.4. The molecule has 1 aromatic carbocycles. The first kappa shape index (κ1) is 26.3. The fourth-order valence-corrected chi connectivity index (χ4v) is 2.98. The highest BCUT2D eigenvalue weighted by atomic mass is 127. The number of ether oxygens (including phenoxy) is 1. The number of thioether (sulfide) groups is 1. The van der Waals surface area contributed by atoms with Crippen LogP contribution in [0.5, 0.6) is 5.88 Å². The second-order valence-corrected chi connectivity index (χ2v) is 6.90. The minimum absolute atomic E-state index is 0. The molecule has 0 atom stereocenters. The van der Waals surface area contributed by atoms with Crippen molar-refractivity contribution in [2.24, 2.45) is 4.99 Å². The number of rotatable bonds is 8. The van der Waals surface area contributed by atoms with Gasteiger partial charge in [0.1, 0.15) is 5.82 Å². The second-order valence-electron chi connectivity index (χ2n) is 6.03. The van der Waals surface area contributed by atoms with Crippen molar-refractivity contribution in [3.63, 3.8) is 0 Å². The van der Waals surface area contributed by atoms with Crippen LogP contribution in [-0.2, 0) is 18.8 Å². The number of pyridine rings is 1. The number of guanidine groups is 1. The zero-order valence-corrected chi connectivity index (χ0v) is 19.6. The van der Waals surface area contributed by atoms with Crippen LogP contribution >= 0.6 is 35.7 Å². The number of hydrogen-bond acceptors (Lipinski definition) is 4. The molecule has 11 heteroatoms. The highest BCUT2D eigenvalue weighted by Gasteiger charge is 2.28. The van der Waals surface area contributed by atoms with Crippen LogP contribution < -0.4 is 15.4 Å². The van der Waals surface area contributed by atoms with Gasteiger partial charge in [-0.05, 0) is 35.1 Å². The van der Waals surface area contributed by atoms with E-state index in [-0.39, 0.29) is 35.7 Å². The van der Waals surface area contributed by atoms with Gasteiger partial charge in [0.05, 0.1) is 0 Å². The fourth-order valence-electron chi connectivity index (χ4n) is 2.40. The predicted molar refractivity (Wildman–Crippen MR) is 122 cm³/mol. The molecular formula is C19H23F4IN4OS. The molecule has 0 amide bonds.